The van der Waals surface area contributed by atoms with Crippen molar-refractivity contribution in [3.05, 3.63) is 28.9 Å². The first-order valence-corrected chi connectivity index (χ1v) is 12.4. The third-order valence-electron chi connectivity index (χ3n) is 8.44. The van der Waals surface area contributed by atoms with E-state index in [2.05, 4.69) is 30.7 Å². The van der Waals surface area contributed by atoms with Crippen LogP contribution in [-0.2, 0) is 4.79 Å². The monoisotopic (exact) mass is 440 g/mol. The Morgan fingerprint density at radius 1 is 1.19 bits per heavy atom. The van der Waals surface area contributed by atoms with Gasteiger partial charge in [0.1, 0.15) is 5.75 Å². The van der Waals surface area contributed by atoms with Crippen LogP contribution in [0, 0.1) is 10.8 Å². The van der Waals surface area contributed by atoms with Crippen molar-refractivity contribution < 1.29 is 9.53 Å². The summed E-state index contributed by atoms with van der Waals surface area (Å²) >= 11 is 6.53. The van der Waals surface area contributed by atoms with Crippen molar-refractivity contribution in [1.82, 2.24) is 9.88 Å². The molecular formula is C26H33ClN2O2. The predicted octanol–water partition coefficient (Wildman–Crippen LogP) is 6.43. The quantitative estimate of drug-likeness (QED) is 0.582. The van der Waals surface area contributed by atoms with Gasteiger partial charge in [-0.3, -0.25) is 4.79 Å². The molecule has 7 rings (SSSR count). The third-order valence-corrected chi connectivity index (χ3v) is 8.74. The Bertz CT molecular complexity index is 1020. The Labute approximate surface area is 189 Å². The molecule has 4 nitrogen and oxygen atoms in total. The highest BCUT2D eigenvalue weighted by molar-refractivity contribution is 6.33. The number of benzene rings is 1. The fourth-order valence-corrected chi connectivity index (χ4v) is 7.73. The highest BCUT2D eigenvalue weighted by Crippen LogP contribution is 2.61. The molecule has 5 heteroatoms. The summed E-state index contributed by atoms with van der Waals surface area (Å²) in [4.78, 5) is 19.3. The number of aromatic amines is 1. The van der Waals surface area contributed by atoms with Crippen molar-refractivity contribution in [2.45, 2.75) is 96.2 Å². The van der Waals surface area contributed by atoms with Gasteiger partial charge in [0, 0.05) is 35.6 Å². The van der Waals surface area contributed by atoms with E-state index in [1.54, 1.807) is 0 Å². The van der Waals surface area contributed by atoms with Crippen LogP contribution in [0.25, 0.3) is 10.9 Å². The van der Waals surface area contributed by atoms with Gasteiger partial charge in [-0.25, -0.2) is 0 Å². The van der Waals surface area contributed by atoms with Gasteiger partial charge in [0.2, 0.25) is 5.91 Å². The van der Waals surface area contributed by atoms with Crippen LogP contribution < -0.4 is 4.74 Å². The van der Waals surface area contributed by atoms with Crippen molar-refractivity contribution in [2.75, 3.05) is 0 Å². The lowest BCUT2D eigenvalue weighted by molar-refractivity contribution is -0.168. The van der Waals surface area contributed by atoms with E-state index in [0.29, 0.717) is 40.3 Å². The minimum absolute atomic E-state index is 0.115. The number of fused-ring (bicyclic) bond motifs is 1. The number of nitrogens with zero attached hydrogens (tertiary/aromatic N) is 1. The van der Waals surface area contributed by atoms with E-state index >= 15 is 0 Å². The van der Waals surface area contributed by atoms with Crippen LogP contribution in [0.4, 0.5) is 0 Å². The number of rotatable bonds is 5. The summed E-state index contributed by atoms with van der Waals surface area (Å²) in [5, 5.41) is 1.71. The number of amides is 1. The summed E-state index contributed by atoms with van der Waals surface area (Å²) in [6, 6.07) is 4.78. The van der Waals surface area contributed by atoms with Crippen LogP contribution >= 0.6 is 11.6 Å². The molecule has 1 N–H and O–H groups in total. The molecule has 2 saturated heterocycles. The number of halogens is 1. The van der Waals surface area contributed by atoms with Crippen LogP contribution in [-0.4, -0.2) is 34.0 Å². The van der Waals surface area contributed by atoms with Crippen molar-refractivity contribution in [2.24, 2.45) is 10.8 Å². The van der Waals surface area contributed by atoms with Gasteiger partial charge in [-0.2, -0.15) is 0 Å². The predicted molar refractivity (Wildman–Crippen MR) is 124 cm³/mol. The Balaban J connectivity index is 1.26. The standard InChI is InChI=1S/C26H33ClN2O2/c1-15(19-13-28-21-7-6-20(27)24(23(19)21)31-18-4-5-18)8-22(30)29-16-9-25(2)10-17(29)12-26(3,11-16)14-25/h6-7,13,15-18,28H,4-5,8-12,14H2,1-3H3. The molecule has 0 spiro atoms. The van der Waals surface area contributed by atoms with Crippen molar-refractivity contribution in [1.29, 1.82) is 0 Å². The first-order chi connectivity index (χ1) is 14.7. The fraction of sp³-hybridized carbons (Fsp3) is 0.654. The van der Waals surface area contributed by atoms with Gasteiger partial charge in [-0.15, -0.1) is 0 Å². The van der Waals surface area contributed by atoms with E-state index < -0.39 is 0 Å². The van der Waals surface area contributed by atoms with Crippen molar-refractivity contribution in [3.63, 3.8) is 0 Å². The van der Waals surface area contributed by atoms with Crippen molar-refractivity contribution in [3.8, 4) is 5.75 Å². The van der Waals surface area contributed by atoms with E-state index in [9.17, 15) is 4.79 Å². The van der Waals surface area contributed by atoms with Gasteiger partial charge in [-0.1, -0.05) is 32.4 Å². The molecule has 166 valence electrons. The molecule has 1 aromatic heterocycles. The molecule has 3 aliphatic carbocycles. The Morgan fingerprint density at radius 3 is 2.45 bits per heavy atom. The summed E-state index contributed by atoms with van der Waals surface area (Å²) in [6.07, 6.45) is 11.1. The lowest BCUT2D eigenvalue weighted by Gasteiger charge is -2.64. The number of hydrogen-bond donors (Lipinski definition) is 1. The normalized spacial score (nSPS) is 35.0. The molecular weight excluding hydrogens is 408 g/mol. The molecule has 1 amide bonds. The molecule has 0 radical (unpaired) electrons. The number of ether oxygens (including phenoxy) is 1. The summed E-state index contributed by atoms with van der Waals surface area (Å²) < 4.78 is 6.19. The van der Waals surface area contributed by atoms with E-state index in [-0.39, 0.29) is 12.0 Å². The van der Waals surface area contributed by atoms with E-state index in [1.165, 1.54) is 32.1 Å². The second kappa shape index (κ2) is 6.66. The average molecular weight is 441 g/mol. The van der Waals surface area contributed by atoms with Crippen LogP contribution in [0.15, 0.2) is 18.3 Å². The molecule has 4 bridgehead atoms. The lowest BCUT2D eigenvalue weighted by Crippen LogP contribution is -2.65. The maximum absolute atomic E-state index is 13.6. The second-order valence-corrected chi connectivity index (χ2v) is 12.1. The first kappa shape index (κ1) is 20.0. The number of carbonyl (C=O) groups is 1. The summed E-state index contributed by atoms with van der Waals surface area (Å²) in [5.74, 6) is 1.23. The van der Waals surface area contributed by atoms with Crippen LogP contribution in [0.2, 0.25) is 5.02 Å². The molecule has 1 aromatic carbocycles. The minimum Gasteiger partial charge on any atom is -0.488 e. The fourth-order valence-electron chi connectivity index (χ4n) is 7.53. The molecule has 5 aliphatic rings. The van der Waals surface area contributed by atoms with E-state index in [4.69, 9.17) is 16.3 Å². The molecule has 3 heterocycles. The Hall–Kier alpha value is -1.68. The summed E-state index contributed by atoms with van der Waals surface area (Å²) in [7, 11) is 0. The van der Waals surface area contributed by atoms with Gasteiger partial charge in [-0.05, 0) is 79.4 Å². The van der Waals surface area contributed by atoms with Crippen molar-refractivity contribution >= 4 is 28.4 Å². The van der Waals surface area contributed by atoms with E-state index in [1.807, 2.05) is 18.3 Å². The number of hydrogen-bond acceptors (Lipinski definition) is 2. The minimum atomic E-state index is 0.115. The zero-order valence-electron chi connectivity index (χ0n) is 18.8. The lowest BCUT2D eigenvalue weighted by atomic mass is 9.50. The number of carbonyl (C=O) groups excluding carboxylic acids is 1. The maximum atomic E-state index is 13.6. The number of H-pyrrole nitrogens is 1. The average Bonchev–Trinajstić information content (AvgIpc) is 3.37. The smallest absolute Gasteiger partial charge is 0.223 e. The first-order valence-electron chi connectivity index (χ1n) is 12.0. The molecule has 3 saturated carbocycles. The number of aromatic nitrogens is 1. The Morgan fingerprint density at radius 2 is 1.84 bits per heavy atom. The van der Waals surface area contributed by atoms with Crippen LogP contribution in [0.5, 0.6) is 5.75 Å². The molecule has 2 aromatic rings. The third kappa shape index (κ3) is 3.28. The van der Waals surface area contributed by atoms with Gasteiger partial charge in [0.25, 0.3) is 0 Å². The molecule has 2 aliphatic heterocycles. The SMILES string of the molecule is CC(CC(=O)N1C2CC3(C)CC1CC(C)(C2)C3)c1c[nH]c2ccc(Cl)c(OC3CC3)c12. The topological polar surface area (TPSA) is 45.3 Å². The summed E-state index contributed by atoms with van der Waals surface area (Å²) in [5.41, 5.74) is 3.05. The highest BCUT2D eigenvalue weighted by atomic mass is 35.5. The molecule has 1 atom stereocenters. The number of piperidine rings is 2. The van der Waals surface area contributed by atoms with Gasteiger partial charge in [0.15, 0.2) is 0 Å². The highest BCUT2D eigenvalue weighted by Gasteiger charge is 2.58. The Kier molecular flexibility index (Phi) is 4.29. The maximum Gasteiger partial charge on any atom is 0.223 e. The summed E-state index contributed by atoms with van der Waals surface area (Å²) in [6.45, 7) is 7.07. The molecule has 1 unspecified atom stereocenters. The number of nitrogens with one attached hydrogen (secondary N) is 1. The second-order valence-electron chi connectivity index (χ2n) is 11.7. The van der Waals surface area contributed by atoms with E-state index in [0.717, 1.165) is 35.1 Å². The molecule has 31 heavy (non-hydrogen) atoms. The van der Waals surface area contributed by atoms with Gasteiger partial charge >= 0.3 is 0 Å². The van der Waals surface area contributed by atoms with Crippen LogP contribution in [0.3, 0.4) is 0 Å². The van der Waals surface area contributed by atoms with Gasteiger partial charge < -0.3 is 14.6 Å². The van der Waals surface area contributed by atoms with Gasteiger partial charge in [0.05, 0.1) is 11.1 Å². The molecule has 5 fully saturated rings. The zero-order valence-corrected chi connectivity index (χ0v) is 19.6. The zero-order chi connectivity index (χ0) is 21.5. The largest absolute Gasteiger partial charge is 0.488 e. The van der Waals surface area contributed by atoms with Crippen LogP contribution in [0.1, 0.15) is 83.6 Å².